The molecule has 0 spiro atoms. The standard InChI is InChI=1S/C32H30BrCl2N3O4S/c1-22-14-16-26(17-15-22)43(41,42)38(25-11-6-10-24(33)19-25)21-31(39)37(20-27-28(34)12-7-13-29(27)35)30(32(40)36-2)18-23-8-4-3-5-9-23/h3-17,19,30H,18,20-21H2,1-2H3,(H,36,40). The molecule has 0 aromatic heterocycles. The number of likely N-dealkylation sites (N-methyl/N-ethyl adjacent to an activating group) is 1. The molecule has 4 aromatic carbocycles. The number of nitrogens with one attached hydrogen (secondary N) is 1. The Balaban J connectivity index is 1.82. The molecule has 0 saturated carbocycles. The van der Waals surface area contributed by atoms with Crippen LogP contribution in [0.5, 0.6) is 0 Å². The van der Waals surface area contributed by atoms with Gasteiger partial charge in [0.15, 0.2) is 0 Å². The lowest BCUT2D eigenvalue weighted by molar-refractivity contribution is -0.139. The summed E-state index contributed by atoms with van der Waals surface area (Å²) in [7, 11) is -2.72. The van der Waals surface area contributed by atoms with Crippen LogP contribution in [-0.2, 0) is 32.6 Å². The number of nitrogens with zero attached hydrogens (tertiary/aromatic N) is 2. The van der Waals surface area contributed by atoms with E-state index in [1.165, 1.54) is 24.1 Å². The predicted octanol–water partition coefficient (Wildman–Crippen LogP) is 6.65. The van der Waals surface area contributed by atoms with E-state index >= 15 is 0 Å². The number of carbonyl (C=O) groups excluding carboxylic acids is 2. The second kappa shape index (κ2) is 14.4. The second-order valence-corrected chi connectivity index (χ2v) is 13.4. The minimum Gasteiger partial charge on any atom is -0.357 e. The van der Waals surface area contributed by atoms with Gasteiger partial charge in [-0.2, -0.15) is 0 Å². The Morgan fingerprint density at radius 1 is 0.884 bits per heavy atom. The van der Waals surface area contributed by atoms with Gasteiger partial charge in [0.2, 0.25) is 11.8 Å². The Hall–Kier alpha value is -3.37. The highest BCUT2D eigenvalue weighted by Gasteiger charge is 2.35. The molecule has 1 unspecified atom stereocenters. The minimum atomic E-state index is -4.20. The summed E-state index contributed by atoms with van der Waals surface area (Å²) in [5, 5.41) is 3.29. The van der Waals surface area contributed by atoms with Crippen LogP contribution >= 0.6 is 39.1 Å². The Morgan fingerprint density at radius 3 is 2.12 bits per heavy atom. The zero-order valence-electron chi connectivity index (χ0n) is 23.5. The van der Waals surface area contributed by atoms with Crippen molar-refractivity contribution in [3.05, 3.63) is 128 Å². The Labute approximate surface area is 270 Å². The smallest absolute Gasteiger partial charge is 0.264 e. The minimum absolute atomic E-state index is 0.0266. The molecule has 224 valence electrons. The maximum absolute atomic E-state index is 14.4. The normalized spacial score (nSPS) is 11.9. The van der Waals surface area contributed by atoms with Gasteiger partial charge in [0.1, 0.15) is 12.6 Å². The van der Waals surface area contributed by atoms with Crippen LogP contribution in [0.1, 0.15) is 16.7 Å². The number of amides is 2. The fourth-order valence-electron chi connectivity index (χ4n) is 4.57. The van der Waals surface area contributed by atoms with Crippen molar-refractivity contribution in [2.24, 2.45) is 0 Å². The third kappa shape index (κ3) is 7.97. The molecule has 1 atom stereocenters. The molecule has 43 heavy (non-hydrogen) atoms. The van der Waals surface area contributed by atoms with Gasteiger partial charge in [0.25, 0.3) is 10.0 Å². The maximum Gasteiger partial charge on any atom is 0.264 e. The predicted molar refractivity (Wildman–Crippen MR) is 175 cm³/mol. The molecule has 0 saturated heterocycles. The fourth-order valence-corrected chi connectivity index (χ4v) is 6.88. The number of sulfonamides is 1. The third-order valence-electron chi connectivity index (χ3n) is 6.89. The van der Waals surface area contributed by atoms with Crippen LogP contribution in [0.4, 0.5) is 5.69 Å². The summed E-state index contributed by atoms with van der Waals surface area (Å²) < 4.78 is 29.8. The quantitative estimate of drug-likeness (QED) is 0.190. The van der Waals surface area contributed by atoms with Gasteiger partial charge in [-0.25, -0.2) is 8.42 Å². The van der Waals surface area contributed by atoms with Crippen LogP contribution in [0, 0.1) is 6.92 Å². The van der Waals surface area contributed by atoms with E-state index in [1.807, 2.05) is 37.3 Å². The topological polar surface area (TPSA) is 86.8 Å². The molecule has 7 nitrogen and oxygen atoms in total. The lowest BCUT2D eigenvalue weighted by Gasteiger charge is -2.34. The Morgan fingerprint density at radius 2 is 1.51 bits per heavy atom. The molecule has 0 bridgehead atoms. The second-order valence-electron chi connectivity index (χ2n) is 9.85. The molecule has 0 aliphatic heterocycles. The van der Waals surface area contributed by atoms with Crippen LogP contribution in [-0.4, -0.2) is 44.8 Å². The van der Waals surface area contributed by atoms with Crippen LogP contribution in [0.2, 0.25) is 10.0 Å². The van der Waals surface area contributed by atoms with E-state index in [0.29, 0.717) is 20.1 Å². The van der Waals surface area contributed by atoms with E-state index < -0.39 is 34.4 Å². The number of aryl methyl sites for hydroxylation is 1. The van der Waals surface area contributed by atoms with Gasteiger partial charge in [0.05, 0.1) is 10.6 Å². The fraction of sp³-hybridized carbons (Fsp3) is 0.188. The average Bonchev–Trinajstić information content (AvgIpc) is 2.99. The SMILES string of the molecule is CNC(=O)C(Cc1ccccc1)N(Cc1c(Cl)cccc1Cl)C(=O)CN(c1cccc(Br)c1)S(=O)(=O)c1ccc(C)cc1. The first-order valence-corrected chi connectivity index (χ1v) is 16.3. The summed E-state index contributed by atoms with van der Waals surface area (Å²) in [6.07, 6.45) is 0.177. The highest BCUT2D eigenvalue weighted by atomic mass is 79.9. The molecule has 0 aliphatic carbocycles. The van der Waals surface area contributed by atoms with Gasteiger partial charge in [-0.05, 0) is 55.0 Å². The molecule has 0 radical (unpaired) electrons. The summed E-state index contributed by atoms with van der Waals surface area (Å²) in [5.74, 6) is -1.04. The van der Waals surface area contributed by atoms with Crippen molar-refractivity contribution in [3.63, 3.8) is 0 Å². The number of carbonyl (C=O) groups is 2. The van der Waals surface area contributed by atoms with E-state index in [4.69, 9.17) is 23.2 Å². The van der Waals surface area contributed by atoms with Crippen LogP contribution in [0.25, 0.3) is 0 Å². The number of halogens is 3. The van der Waals surface area contributed by atoms with Gasteiger partial charge in [-0.3, -0.25) is 13.9 Å². The summed E-state index contributed by atoms with van der Waals surface area (Å²) in [5.41, 5.74) is 2.42. The summed E-state index contributed by atoms with van der Waals surface area (Å²) in [6.45, 7) is 1.14. The van der Waals surface area contributed by atoms with Gasteiger partial charge in [-0.1, -0.05) is 99.3 Å². The van der Waals surface area contributed by atoms with Crippen molar-refractivity contribution in [2.75, 3.05) is 17.9 Å². The molecule has 11 heteroatoms. The molecule has 4 rings (SSSR count). The zero-order chi connectivity index (χ0) is 31.1. The maximum atomic E-state index is 14.4. The van der Waals surface area contributed by atoms with Crippen LogP contribution < -0.4 is 9.62 Å². The van der Waals surface area contributed by atoms with E-state index in [9.17, 15) is 18.0 Å². The van der Waals surface area contributed by atoms with Crippen molar-refractivity contribution >= 4 is 66.7 Å². The molecule has 0 heterocycles. The molecule has 4 aromatic rings. The monoisotopic (exact) mass is 701 g/mol. The first-order chi connectivity index (χ1) is 20.5. The number of anilines is 1. The van der Waals surface area contributed by atoms with E-state index in [1.54, 1.807) is 54.6 Å². The lowest BCUT2D eigenvalue weighted by atomic mass is 10.0. The number of benzene rings is 4. The van der Waals surface area contributed by atoms with Gasteiger partial charge < -0.3 is 10.2 Å². The van der Waals surface area contributed by atoms with Crippen LogP contribution in [0.3, 0.4) is 0 Å². The molecular weight excluding hydrogens is 673 g/mol. The van der Waals surface area contributed by atoms with Crippen molar-refractivity contribution in [1.82, 2.24) is 10.2 Å². The van der Waals surface area contributed by atoms with E-state index in [0.717, 1.165) is 15.4 Å². The van der Waals surface area contributed by atoms with Crippen LogP contribution in [0.15, 0.2) is 106 Å². The first-order valence-electron chi connectivity index (χ1n) is 13.3. The molecule has 1 N–H and O–H groups in total. The third-order valence-corrected chi connectivity index (χ3v) is 9.88. The van der Waals surface area contributed by atoms with Gasteiger partial charge >= 0.3 is 0 Å². The highest BCUT2D eigenvalue weighted by molar-refractivity contribution is 9.10. The largest absolute Gasteiger partial charge is 0.357 e. The molecule has 0 aliphatic rings. The Bertz CT molecular complexity index is 1680. The van der Waals surface area contributed by atoms with Crippen molar-refractivity contribution in [1.29, 1.82) is 0 Å². The average molecular weight is 703 g/mol. The number of hydrogen-bond acceptors (Lipinski definition) is 4. The molecular formula is C32H30BrCl2N3O4S. The summed E-state index contributed by atoms with van der Waals surface area (Å²) >= 11 is 16.4. The first kappa shape index (κ1) is 32.5. The Kier molecular flexibility index (Phi) is 10.9. The van der Waals surface area contributed by atoms with Crippen molar-refractivity contribution in [2.45, 2.75) is 30.8 Å². The lowest BCUT2D eigenvalue weighted by Crippen LogP contribution is -2.53. The number of hydrogen-bond donors (Lipinski definition) is 1. The zero-order valence-corrected chi connectivity index (χ0v) is 27.4. The molecule has 2 amide bonds. The summed E-state index contributed by atoms with van der Waals surface area (Å²) in [6, 6.07) is 26.3. The highest BCUT2D eigenvalue weighted by Crippen LogP contribution is 2.30. The number of rotatable bonds is 11. The van der Waals surface area contributed by atoms with Gasteiger partial charge in [-0.15, -0.1) is 0 Å². The van der Waals surface area contributed by atoms with Gasteiger partial charge in [0, 0.05) is 40.1 Å². The van der Waals surface area contributed by atoms with Crippen molar-refractivity contribution in [3.8, 4) is 0 Å². The van der Waals surface area contributed by atoms with Crippen molar-refractivity contribution < 1.29 is 18.0 Å². The molecule has 0 fully saturated rings. The summed E-state index contributed by atoms with van der Waals surface area (Å²) in [4.78, 5) is 29.1. The van der Waals surface area contributed by atoms with E-state index in [-0.39, 0.29) is 23.5 Å². The van der Waals surface area contributed by atoms with E-state index in [2.05, 4.69) is 21.2 Å².